The second-order valence-corrected chi connectivity index (χ2v) is 4.57. The first-order valence-corrected chi connectivity index (χ1v) is 5.96. The standard InChI is InChI=1S/C13H11ClN2O3/c1-9-5-6-12(16(18)19)13(17)15(9)8-10-3-2-4-11(14)7-10/h2-7H,8H2,1H3. The van der Waals surface area contributed by atoms with Gasteiger partial charge >= 0.3 is 11.2 Å². The van der Waals surface area contributed by atoms with E-state index in [1.807, 2.05) is 6.07 Å². The summed E-state index contributed by atoms with van der Waals surface area (Å²) in [6, 6.07) is 9.84. The molecule has 98 valence electrons. The number of hydrogen-bond acceptors (Lipinski definition) is 3. The van der Waals surface area contributed by atoms with Crippen LogP contribution < -0.4 is 5.56 Å². The van der Waals surface area contributed by atoms with Crippen LogP contribution in [-0.2, 0) is 6.54 Å². The number of aromatic nitrogens is 1. The van der Waals surface area contributed by atoms with Crippen molar-refractivity contribution in [2.24, 2.45) is 0 Å². The Morgan fingerprint density at radius 3 is 2.68 bits per heavy atom. The van der Waals surface area contributed by atoms with Gasteiger partial charge in [0.05, 0.1) is 11.5 Å². The smallest absolute Gasteiger partial charge is 0.303 e. The average Bonchev–Trinajstić information content (AvgIpc) is 2.34. The van der Waals surface area contributed by atoms with Crippen molar-refractivity contribution in [1.82, 2.24) is 4.57 Å². The molecule has 0 aliphatic heterocycles. The van der Waals surface area contributed by atoms with Crippen molar-refractivity contribution < 1.29 is 4.92 Å². The molecule has 0 N–H and O–H groups in total. The summed E-state index contributed by atoms with van der Waals surface area (Å²) in [4.78, 5) is 22.1. The van der Waals surface area contributed by atoms with Gasteiger partial charge in [-0.25, -0.2) is 0 Å². The molecule has 0 radical (unpaired) electrons. The van der Waals surface area contributed by atoms with Crippen LogP contribution in [0.1, 0.15) is 11.3 Å². The van der Waals surface area contributed by atoms with Crippen LogP contribution in [0.5, 0.6) is 0 Å². The van der Waals surface area contributed by atoms with E-state index in [4.69, 9.17) is 11.6 Å². The van der Waals surface area contributed by atoms with Gasteiger partial charge in [-0.15, -0.1) is 0 Å². The van der Waals surface area contributed by atoms with Crippen molar-refractivity contribution in [3.05, 3.63) is 73.1 Å². The Morgan fingerprint density at radius 1 is 1.32 bits per heavy atom. The number of nitrogens with zero attached hydrogens (tertiary/aromatic N) is 2. The Hall–Kier alpha value is -2.14. The van der Waals surface area contributed by atoms with Gasteiger partial charge in [-0.2, -0.15) is 0 Å². The highest BCUT2D eigenvalue weighted by Crippen LogP contribution is 2.13. The number of hydrogen-bond donors (Lipinski definition) is 0. The maximum Gasteiger partial charge on any atom is 0.334 e. The Morgan fingerprint density at radius 2 is 2.05 bits per heavy atom. The molecule has 19 heavy (non-hydrogen) atoms. The molecule has 6 heteroatoms. The highest BCUT2D eigenvalue weighted by Gasteiger charge is 2.15. The average molecular weight is 279 g/mol. The molecule has 0 spiro atoms. The van der Waals surface area contributed by atoms with Gasteiger partial charge in [0.25, 0.3) is 0 Å². The fourth-order valence-electron chi connectivity index (χ4n) is 1.81. The van der Waals surface area contributed by atoms with Gasteiger partial charge in [-0.05, 0) is 30.7 Å². The molecule has 0 amide bonds. The summed E-state index contributed by atoms with van der Waals surface area (Å²) in [5, 5.41) is 11.3. The fraction of sp³-hybridized carbons (Fsp3) is 0.154. The first kappa shape index (κ1) is 13.3. The summed E-state index contributed by atoms with van der Waals surface area (Å²) in [5.74, 6) is 0. The summed E-state index contributed by atoms with van der Waals surface area (Å²) >= 11 is 5.88. The molecule has 0 bridgehead atoms. The molecule has 0 atom stereocenters. The van der Waals surface area contributed by atoms with Crippen LogP contribution in [0.25, 0.3) is 0 Å². The zero-order valence-corrected chi connectivity index (χ0v) is 10.9. The van der Waals surface area contributed by atoms with Gasteiger partial charge in [0.2, 0.25) is 0 Å². The lowest BCUT2D eigenvalue weighted by Gasteiger charge is -2.09. The maximum absolute atomic E-state index is 12.0. The van der Waals surface area contributed by atoms with E-state index in [9.17, 15) is 14.9 Å². The van der Waals surface area contributed by atoms with Crippen molar-refractivity contribution in [3.8, 4) is 0 Å². The molecule has 0 fully saturated rings. The van der Waals surface area contributed by atoms with E-state index in [0.29, 0.717) is 10.7 Å². The van der Waals surface area contributed by atoms with Crippen LogP contribution >= 0.6 is 11.6 Å². The zero-order chi connectivity index (χ0) is 14.0. The van der Waals surface area contributed by atoms with Crippen molar-refractivity contribution in [2.45, 2.75) is 13.5 Å². The highest BCUT2D eigenvalue weighted by molar-refractivity contribution is 6.30. The predicted molar refractivity (Wildman–Crippen MR) is 72.6 cm³/mol. The van der Waals surface area contributed by atoms with Crippen LogP contribution in [0.4, 0.5) is 5.69 Å². The zero-order valence-electron chi connectivity index (χ0n) is 10.2. The second-order valence-electron chi connectivity index (χ2n) is 4.14. The van der Waals surface area contributed by atoms with Crippen molar-refractivity contribution in [1.29, 1.82) is 0 Å². The van der Waals surface area contributed by atoms with E-state index in [2.05, 4.69) is 0 Å². The van der Waals surface area contributed by atoms with Crippen molar-refractivity contribution in [2.75, 3.05) is 0 Å². The summed E-state index contributed by atoms with van der Waals surface area (Å²) in [6.45, 7) is 1.99. The minimum Gasteiger partial charge on any atom is -0.303 e. The van der Waals surface area contributed by atoms with E-state index < -0.39 is 16.2 Å². The monoisotopic (exact) mass is 278 g/mol. The largest absolute Gasteiger partial charge is 0.334 e. The second kappa shape index (κ2) is 5.24. The molecule has 0 aliphatic carbocycles. The molecule has 1 aromatic heterocycles. The van der Waals surface area contributed by atoms with Gasteiger partial charge in [0, 0.05) is 16.8 Å². The first-order chi connectivity index (χ1) is 8.99. The number of nitro groups is 1. The summed E-state index contributed by atoms with van der Waals surface area (Å²) < 4.78 is 1.36. The molecule has 0 unspecified atom stereocenters. The van der Waals surface area contributed by atoms with E-state index in [-0.39, 0.29) is 6.54 Å². The third-order valence-electron chi connectivity index (χ3n) is 2.80. The Balaban J connectivity index is 2.48. The topological polar surface area (TPSA) is 65.1 Å². The van der Waals surface area contributed by atoms with E-state index >= 15 is 0 Å². The quantitative estimate of drug-likeness (QED) is 0.640. The molecule has 0 saturated heterocycles. The molecule has 5 nitrogen and oxygen atoms in total. The van der Waals surface area contributed by atoms with Crippen LogP contribution in [0, 0.1) is 17.0 Å². The molecule has 0 saturated carbocycles. The number of rotatable bonds is 3. The van der Waals surface area contributed by atoms with Crippen molar-refractivity contribution >= 4 is 17.3 Å². The summed E-state index contributed by atoms with van der Waals surface area (Å²) in [7, 11) is 0. The SMILES string of the molecule is Cc1ccc([N+](=O)[O-])c(=O)n1Cc1cccc(Cl)c1. The maximum atomic E-state index is 12.0. The Labute approximate surface area is 114 Å². The number of pyridine rings is 1. The van der Waals surface area contributed by atoms with Gasteiger partial charge in [-0.1, -0.05) is 23.7 Å². The van der Waals surface area contributed by atoms with Crippen LogP contribution in [0.15, 0.2) is 41.2 Å². The van der Waals surface area contributed by atoms with E-state index in [0.717, 1.165) is 5.56 Å². The Kier molecular flexibility index (Phi) is 3.66. The van der Waals surface area contributed by atoms with Gasteiger partial charge < -0.3 is 4.57 Å². The molecule has 1 aromatic carbocycles. The third kappa shape index (κ3) is 2.82. The molecule has 1 heterocycles. The van der Waals surface area contributed by atoms with Crippen LogP contribution in [0.3, 0.4) is 0 Å². The van der Waals surface area contributed by atoms with Crippen molar-refractivity contribution in [3.63, 3.8) is 0 Å². The number of benzene rings is 1. The lowest BCUT2D eigenvalue weighted by atomic mass is 10.2. The van der Waals surface area contributed by atoms with Crippen LogP contribution in [-0.4, -0.2) is 9.49 Å². The van der Waals surface area contributed by atoms with E-state index in [1.54, 1.807) is 31.2 Å². The molecular weight excluding hydrogens is 268 g/mol. The number of halogens is 1. The minimum absolute atomic E-state index is 0.257. The molecule has 2 aromatic rings. The first-order valence-electron chi connectivity index (χ1n) is 5.58. The van der Waals surface area contributed by atoms with Crippen LogP contribution in [0.2, 0.25) is 5.02 Å². The van der Waals surface area contributed by atoms with E-state index in [1.165, 1.54) is 10.6 Å². The van der Waals surface area contributed by atoms with Gasteiger partial charge in [0.15, 0.2) is 0 Å². The Bertz CT molecular complexity index is 695. The summed E-state index contributed by atoms with van der Waals surface area (Å²) in [6.07, 6.45) is 0. The lowest BCUT2D eigenvalue weighted by Crippen LogP contribution is -2.24. The molecular formula is C13H11ClN2O3. The highest BCUT2D eigenvalue weighted by atomic mass is 35.5. The molecule has 2 rings (SSSR count). The van der Waals surface area contributed by atoms with Gasteiger partial charge in [-0.3, -0.25) is 14.9 Å². The third-order valence-corrected chi connectivity index (χ3v) is 3.03. The summed E-state index contributed by atoms with van der Waals surface area (Å²) in [5.41, 5.74) is 0.450. The molecule has 0 aliphatic rings. The minimum atomic E-state index is -0.670. The fourth-order valence-corrected chi connectivity index (χ4v) is 2.03. The normalized spacial score (nSPS) is 10.4. The number of aryl methyl sites for hydroxylation is 1. The lowest BCUT2D eigenvalue weighted by molar-refractivity contribution is -0.386. The predicted octanol–water partition coefficient (Wildman–Crippen LogP) is 2.77. The van der Waals surface area contributed by atoms with Gasteiger partial charge in [0.1, 0.15) is 0 Å².